The first-order chi connectivity index (χ1) is 11.4. The van der Waals surface area contributed by atoms with Crippen molar-refractivity contribution < 1.29 is 9.21 Å². The maximum atomic E-state index is 12.5. The molecule has 1 aromatic carbocycles. The van der Waals surface area contributed by atoms with Gasteiger partial charge in [0.05, 0.1) is 17.6 Å². The van der Waals surface area contributed by atoms with Gasteiger partial charge in [-0.25, -0.2) is 4.79 Å². The minimum atomic E-state index is -0.500. The Morgan fingerprint density at radius 2 is 2.00 bits per heavy atom. The number of para-hydroxylation sites is 1. The zero-order valence-corrected chi connectivity index (χ0v) is 14.0. The van der Waals surface area contributed by atoms with E-state index in [9.17, 15) is 9.59 Å². The van der Waals surface area contributed by atoms with E-state index in [-0.39, 0.29) is 24.0 Å². The van der Waals surface area contributed by atoms with E-state index in [0.717, 1.165) is 5.82 Å². The highest BCUT2D eigenvalue weighted by Gasteiger charge is 2.17. The highest BCUT2D eigenvalue weighted by Crippen LogP contribution is 2.17. The number of aryl methyl sites for hydroxylation is 1. The minimum Gasteiger partial charge on any atom is -0.407 e. The minimum absolute atomic E-state index is 0.239. The number of benzene rings is 1. The number of fused-ring (bicyclic) bond motifs is 1. The maximum Gasteiger partial charge on any atom is 0.419 e. The first-order valence-electron chi connectivity index (χ1n) is 7.65. The molecule has 0 atom stereocenters. The Balaban J connectivity index is 1.84. The Morgan fingerprint density at radius 1 is 1.25 bits per heavy atom. The van der Waals surface area contributed by atoms with Crippen molar-refractivity contribution in [1.82, 2.24) is 24.6 Å². The topological polar surface area (TPSA) is 95.0 Å². The number of rotatable bonds is 4. The smallest absolute Gasteiger partial charge is 0.407 e. The van der Waals surface area contributed by atoms with Crippen LogP contribution in [0.1, 0.15) is 41.8 Å². The molecule has 126 valence electrons. The van der Waals surface area contributed by atoms with Crippen LogP contribution < -0.4 is 11.1 Å². The molecule has 0 saturated carbocycles. The molecule has 8 nitrogen and oxygen atoms in total. The molecule has 2 aromatic heterocycles. The van der Waals surface area contributed by atoms with Gasteiger partial charge in [0.25, 0.3) is 5.91 Å². The van der Waals surface area contributed by atoms with Gasteiger partial charge in [0.15, 0.2) is 11.4 Å². The van der Waals surface area contributed by atoms with Gasteiger partial charge in [0.1, 0.15) is 5.82 Å². The first kappa shape index (κ1) is 16.0. The van der Waals surface area contributed by atoms with Crippen molar-refractivity contribution in [2.75, 3.05) is 0 Å². The summed E-state index contributed by atoms with van der Waals surface area (Å²) in [6.07, 6.45) is 0. The highest BCUT2D eigenvalue weighted by molar-refractivity contribution is 6.04. The second-order valence-corrected chi connectivity index (χ2v) is 5.95. The second kappa shape index (κ2) is 5.95. The quantitative estimate of drug-likeness (QED) is 0.779. The Morgan fingerprint density at radius 3 is 2.67 bits per heavy atom. The third-order valence-corrected chi connectivity index (χ3v) is 3.99. The van der Waals surface area contributed by atoms with Crippen molar-refractivity contribution in [2.24, 2.45) is 14.1 Å². The molecule has 0 bridgehead atoms. The molecule has 0 saturated heterocycles. The van der Waals surface area contributed by atoms with Crippen LogP contribution in [0.3, 0.4) is 0 Å². The number of oxazole rings is 1. The predicted octanol–water partition coefficient (Wildman–Crippen LogP) is 1.31. The van der Waals surface area contributed by atoms with Gasteiger partial charge < -0.3 is 14.3 Å². The molecule has 0 unspecified atom stereocenters. The lowest BCUT2D eigenvalue weighted by molar-refractivity contribution is 0.0950. The van der Waals surface area contributed by atoms with Gasteiger partial charge in [0, 0.05) is 20.0 Å². The van der Waals surface area contributed by atoms with Gasteiger partial charge in [-0.2, -0.15) is 0 Å². The zero-order valence-electron chi connectivity index (χ0n) is 14.0. The monoisotopic (exact) mass is 329 g/mol. The van der Waals surface area contributed by atoms with Crippen molar-refractivity contribution >= 4 is 17.0 Å². The van der Waals surface area contributed by atoms with Crippen molar-refractivity contribution in [2.45, 2.75) is 26.3 Å². The molecule has 2 heterocycles. The van der Waals surface area contributed by atoms with Crippen LogP contribution in [0.25, 0.3) is 11.1 Å². The van der Waals surface area contributed by atoms with E-state index in [1.165, 1.54) is 4.57 Å². The molecule has 0 radical (unpaired) electrons. The second-order valence-electron chi connectivity index (χ2n) is 5.95. The summed E-state index contributed by atoms with van der Waals surface area (Å²) in [5, 5.41) is 11.0. The number of hydrogen-bond donors (Lipinski definition) is 1. The lowest BCUT2D eigenvalue weighted by atomic mass is 10.2. The van der Waals surface area contributed by atoms with Crippen LogP contribution in [0.5, 0.6) is 0 Å². The number of amides is 1. The van der Waals surface area contributed by atoms with E-state index >= 15 is 0 Å². The number of carbonyl (C=O) groups excluding carboxylic acids is 1. The van der Waals surface area contributed by atoms with Crippen LogP contribution in [0.2, 0.25) is 0 Å². The van der Waals surface area contributed by atoms with E-state index in [1.807, 2.05) is 25.5 Å². The Hall–Kier alpha value is -2.90. The molecule has 3 aromatic rings. The van der Waals surface area contributed by atoms with Crippen molar-refractivity contribution in [3.05, 3.63) is 46.0 Å². The van der Waals surface area contributed by atoms with E-state index in [2.05, 4.69) is 15.5 Å². The molecule has 0 aliphatic heterocycles. The molecule has 8 heteroatoms. The molecular formula is C16H19N5O3. The Labute approximate surface area is 138 Å². The summed E-state index contributed by atoms with van der Waals surface area (Å²) in [6, 6.07) is 5.07. The third-order valence-electron chi connectivity index (χ3n) is 3.99. The van der Waals surface area contributed by atoms with Crippen LogP contribution in [0.4, 0.5) is 0 Å². The van der Waals surface area contributed by atoms with E-state index in [0.29, 0.717) is 16.9 Å². The predicted molar refractivity (Wildman–Crippen MR) is 87.7 cm³/mol. The summed E-state index contributed by atoms with van der Waals surface area (Å²) < 4.78 is 8.41. The average Bonchev–Trinajstić information content (AvgIpc) is 3.06. The lowest BCUT2D eigenvalue weighted by Gasteiger charge is -2.07. The standard InChI is InChI=1S/C16H19N5O3/c1-9(2)14-19-18-12(21(14)4)8-17-15(22)10-6-5-7-11-13(10)24-16(23)20(11)3/h5-7,9H,8H2,1-4H3,(H,17,22). The zero-order chi connectivity index (χ0) is 17.4. The Kier molecular flexibility index (Phi) is 3.96. The van der Waals surface area contributed by atoms with Gasteiger partial charge in [0.2, 0.25) is 0 Å². The van der Waals surface area contributed by atoms with Crippen molar-refractivity contribution in [1.29, 1.82) is 0 Å². The number of nitrogens with one attached hydrogen (secondary N) is 1. The summed E-state index contributed by atoms with van der Waals surface area (Å²) in [7, 11) is 3.47. The molecule has 0 fully saturated rings. The molecule has 0 aliphatic rings. The van der Waals surface area contributed by atoms with Gasteiger partial charge in [-0.1, -0.05) is 19.9 Å². The number of hydrogen-bond acceptors (Lipinski definition) is 5. The Bertz CT molecular complexity index is 964. The van der Waals surface area contributed by atoms with E-state index in [4.69, 9.17) is 4.42 Å². The summed E-state index contributed by atoms with van der Waals surface area (Å²) in [5.41, 5.74) is 1.17. The molecular weight excluding hydrogens is 310 g/mol. The molecule has 1 N–H and O–H groups in total. The fourth-order valence-corrected chi connectivity index (χ4v) is 2.62. The normalized spacial score (nSPS) is 11.4. The largest absolute Gasteiger partial charge is 0.419 e. The third kappa shape index (κ3) is 2.60. The van der Waals surface area contributed by atoms with Gasteiger partial charge in [-0.05, 0) is 12.1 Å². The summed E-state index contributed by atoms with van der Waals surface area (Å²) >= 11 is 0. The number of nitrogens with zero attached hydrogens (tertiary/aromatic N) is 4. The molecule has 24 heavy (non-hydrogen) atoms. The first-order valence-corrected chi connectivity index (χ1v) is 7.65. The van der Waals surface area contributed by atoms with Gasteiger partial charge in [-0.15, -0.1) is 10.2 Å². The summed E-state index contributed by atoms with van der Waals surface area (Å²) in [4.78, 5) is 24.1. The van der Waals surface area contributed by atoms with Gasteiger partial charge in [-0.3, -0.25) is 9.36 Å². The van der Waals surface area contributed by atoms with Crippen molar-refractivity contribution in [3.8, 4) is 0 Å². The van der Waals surface area contributed by atoms with Gasteiger partial charge >= 0.3 is 5.76 Å². The van der Waals surface area contributed by atoms with Crippen LogP contribution in [-0.2, 0) is 20.6 Å². The highest BCUT2D eigenvalue weighted by atomic mass is 16.4. The lowest BCUT2D eigenvalue weighted by Crippen LogP contribution is -2.24. The molecule has 0 spiro atoms. The number of carbonyl (C=O) groups is 1. The van der Waals surface area contributed by atoms with Crippen LogP contribution in [0, 0.1) is 0 Å². The van der Waals surface area contributed by atoms with E-state index in [1.54, 1.807) is 25.2 Å². The van der Waals surface area contributed by atoms with Crippen LogP contribution in [0.15, 0.2) is 27.4 Å². The summed E-state index contributed by atoms with van der Waals surface area (Å²) in [6.45, 7) is 4.30. The van der Waals surface area contributed by atoms with E-state index < -0.39 is 5.76 Å². The fourth-order valence-electron chi connectivity index (χ4n) is 2.62. The number of aromatic nitrogens is 4. The average molecular weight is 329 g/mol. The fraction of sp³-hybridized carbons (Fsp3) is 0.375. The SMILES string of the molecule is CC(C)c1nnc(CNC(=O)c2cccc3c2oc(=O)n3C)n1C. The summed E-state index contributed by atoms with van der Waals surface area (Å²) in [5.74, 6) is 0.938. The van der Waals surface area contributed by atoms with Crippen LogP contribution >= 0.6 is 0 Å². The molecule has 0 aliphatic carbocycles. The maximum absolute atomic E-state index is 12.5. The molecule has 3 rings (SSSR count). The van der Waals surface area contributed by atoms with Crippen LogP contribution in [-0.4, -0.2) is 25.2 Å². The van der Waals surface area contributed by atoms with Crippen molar-refractivity contribution in [3.63, 3.8) is 0 Å². The molecule has 1 amide bonds.